The smallest absolute Gasteiger partial charge is 0.257 e. The number of nitrogens with one attached hydrogen (secondary N) is 2. The van der Waals surface area contributed by atoms with Crippen molar-refractivity contribution in [2.75, 3.05) is 44.3 Å². The zero-order valence-electron chi connectivity index (χ0n) is 24.5. The van der Waals surface area contributed by atoms with Crippen LogP contribution < -0.4 is 14.8 Å². The van der Waals surface area contributed by atoms with Crippen LogP contribution in [0.3, 0.4) is 0 Å². The van der Waals surface area contributed by atoms with E-state index in [1.807, 2.05) is 20.8 Å². The zero-order valence-corrected chi connectivity index (χ0v) is 25.3. The number of carbonyl (C=O) groups is 1. The number of carbonyl (C=O) groups excluding carboxylic acids is 1. The third-order valence-corrected chi connectivity index (χ3v) is 8.73. The van der Waals surface area contributed by atoms with Gasteiger partial charge in [-0.2, -0.15) is 0 Å². The molecule has 1 amide bonds. The molecule has 0 radical (unpaired) electrons. The van der Waals surface area contributed by atoms with Gasteiger partial charge >= 0.3 is 0 Å². The molecule has 12 heteroatoms. The van der Waals surface area contributed by atoms with Gasteiger partial charge in [-0.3, -0.25) is 4.79 Å². The monoisotopic (exact) mass is 590 g/mol. The van der Waals surface area contributed by atoms with Gasteiger partial charge in [-0.05, 0) is 89.5 Å². The average Bonchev–Trinajstić information content (AvgIpc) is 3.36. The van der Waals surface area contributed by atoms with Crippen molar-refractivity contribution in [3.8, 4) is 11.5 Å². The Hall–Kier alpha value is -2.83. The van der Waals surface area contributed by atoms with Gasteiger partial charge in [-0.25, -0.2) is 27.5 Å². The van der Waals surface area contributed by atoms with Gasteiger partial charge < -0.3 is 19.9 Å². The summed E-state index contributed by atoms with van der Waals surface area (Å²) in [5.74, 6) is 1.37. The first kappa shape index (κ1) is 31.1. The van der Waals surface area contributed by atoms with E-state index < -0.39 is 15.8 Å². The minimum atomic E-state index is -3.15. The van der Waals surface area contributed by atoms with Gasteiger partial charge in [0.15, 0.2) is 11.6 Å². The number of aromatic nitrogens is 2. The van der Waals surface area contributed by atoms with Crippen LogP contribution in [0.4, 0.5) is 10.2 Å². The lowest BCUT2D eigenvalue weighted by Crippen LogP contribution is -2.39. The average molecular weight is 591 g/mol. The molecular weight excluding hydrogens is 547 g/mol. The Morgan fingerprint density at radius 1 is 1.17 bits per heavy atom. The fourth-order valence-corrected chi connectivity index (χ4v) is 6.76. The van der Waals surface area contributed by atoms with Crippen LogP contribution >= 0.6 is 0 Å². The van der Waals surface area contributed by atoms with E-state index in [9.17, 15) is 17.6 Å². The first-order valence-electron chi connectivity index (χ1n) is 14.5. The Labute approximate surface area is 243 Å². The van der Waals surface area contributed by atoms with Gasteiger partial charge in [-0.15, -0.1) is 0 Å². The highest BCUT2D eigenvalue weighted by Crippen LogP contribution is 2.32. The number of likely N-dealkylation sites (tertiary alicyclic amines) is 1. The number of hydrogen-bond donors (Lipinski definition) is 2. The lowest BCUT2D eigenvalue weighted by molar-refractivity contribution is 0.0713. The molecule has 1 saturated carbocycles. The quantitative estimate of drug-likeness (QED) is 0.379. The summed E-state index contributed by atoms with van der Waals surface area (Å²) in [6.45, 7) is 9.98. The maximum absolute atomic E-state index is 14.2. The summed E-state index contributed by atoms with van der Waals surface area (Å²) in [6.07, 6.45) is 9.14. The van der Waals surface area contributed by atoms with Crippen LogP contribution in [0.2, 0.25) is 0 Å². The van der Waals surface area contributed by atoms with E-state index in [0.717, 1.165) is 51.7 Å². The minimum Gasteiger partial charge on any atom is -0.451 e. The van der Waals surface area contributed by atoms with Crippen molar-refractivity contribution < 1.29 is 22.3 Å². The number of halogens is 1. The van der Waals surface area contributed by atoms with Crippen LogP contribution in [0.15, 0.2) is 30.7 Å². The van der Waals surface area contributed by atoms with Crippen molar-refractivity contribution in [2.24, 2.45) is 11.8 Å². The van der Waals surface area contributed by atoms with E-state index in [1.165, 1.54) is 30.8 Å². The molecule has 41 heavy (non-hydrogen) atoms. The second-order valence-corrected chi connectivity index (χ2v) is 13.3. The highest BCUT2D eigenvalue weighted by Gasteiger charge is 2.29. The van der Waals surface area contributed by atoms with Gasteiger partial charge in [0.2, 0.25) is 10.0 Å². The number of rotatable bonds is 12. The normalized spacial score (nSPS) is 21.7. The number of sulfonamides is 1. The van der Waals surface area contributed by atoms with Crippen LogP contribution in [0.5, 0.6) is 11.5 Å². The topological polar surface area (TPSA) is 117 Å². The summed E-state index contributed by atoms with van der Waals surface area (Å²) in [7, 11) is -3.15. The van der Waals surface area contributed by atoms with E-state index in [-0.39, 0.29) is 29.3 Å². The number of nitrogens with zero attached hydrogens (tertiary/aromatic N) is 4. The lowest BCUT2D eigenvalue weighted by Gasteiger charge is -2.31. The van der Waals surface area contributed by atoms with Crippen molar-refractivity contribution in [1.29, 1.82) is 0 Å². The summed E-state index contributed by atoms with van der Waals surface area (Å²) in [6, 6.07) is 3.97. The Morgan fingerprint density at radius 2 is 1.93 bits per heavy atom. The van der Waals surface area contributed by atoms with Gasteiger partial charge in [0, 0.05) is 38.3 Å². The molecule has 0 bridgehead atoms. The zero-order chi connectivity index (χ0) is 29.6. The fraction of sp³-hybridized carbons (Fsp3) is 0.621. The molecule has 1 aromatic heterocycles. The molecule has 10 nitrogen and oxygen atoms in total. The fourth-order valence-electron chi connectivity index (χ4n) is 5.92. The van der Waals surface area contributed by atoms with Crippen molar-refractivity contribution in [3.63, 3.8) is 0 Å². The lowest BCUT2D eigenvalue weighted by atomic mass is 9.86. The molecular formula is C29H43FN6O4S. The predicted molar refractivity (Wildman–Crippen MR) is 157 cm³/mol. The van der Waals surface area contributed by atoms with Crippen LogP contribution in [-0.4, -0.2) is 85.2 Å². The first-order chi connectivity index (χ1) is 19.5. The van der Waals surface area contributed by atoms with Crippen molar-refractivity contribution in [1.82, 2.24) is 24.5 Å². The molecule has 2 aromatic rings. The van der Waals surface area contributed by atoms with E-state index >= 15 is 0 Å². The second-order valence-electron chi connectivity index (χ2n) is 11.6. The molecule has 0 unspecified atom stereocenters. The van der Waals surface area contributed by atoms with Crippen LogP contribution in [0.25, 0.3) is 0 Å². The van der Waals surface area contributed by atoms with E-state index in [1.54, 1.807) is 11.1 Å². The van der Waals surface area contributed by atoms with Gasteiger partial charge in [0.05, 0.1) is 18.0 Å². The molecule has 1 aliphatic heterocycles. The first-order valence-corrected chi connectivity index (χ1v) is 16.4. The second kappa shape index (κ2) is 13.9. The molecule has 2 N–H and O–H groups in total. The van der Waals surface area contributed by atoms with Gasteiger partial charge in [-0.1, -0.05) is 0 Å². The number of ether oxygens (including phenoxy) is 1. The summed E-state index contributed by atoms with van der Waals surface area (Å²) in [5, 5.41) is 3.40. The van der Waals surface area contributed by atoms with Gasteiger partial charge in [0.25, 0.3) is 5.91 Å². The number of hydrogen-bond acceptors (Lipinski definition) is 8. The molecule has 1 saturated heterocycles. The van der Waals surface area contributed by atoms with E-state index in [0.29, 0.717) is 36.5 Å². The Bertz CT molecular complexity index is 1290. The standard InChI is InChI=1S/C29H43FN6O4S/c1-5-36(20(2)3)29(37)25-14-23(30)8-11-26(25)40-27-16-31-19-33-28(27)32-15-22-12-13-35(18-22)17-21-6-9-24(10-7-21)34-41(4,38)39/h8,11,14,16,19-22,24,34H,5-7,9-10,12-13,15,17-18H2,1-4H3,(H,31,32,33)/t21-,22-,24-/m0/s1. The van der Waals surface area contributed by atoms with Crippen LogP contribution in [0.1, 0.15) is 63.2 Å². The third-order valence-electron chi connectivity index (χ3n) is 7.97. The SMILES string of the molecule is CCN(C(=O)c1cc(F)ccc1Oc1cncnc1NC[C@@H]1CCN(C[C@H]2CC[C@H](NS(C)(=O)=O)CC2)C1)C(C)C. The predicted octanol–water partition coefficient (Wildman–Crippen LogP) is 4.12. The summed E-state index contributed by atoms with van der Waals surface area (Å²) in [5.41, 5.74) is 0.155. The molecule has 2 fully saturated rings. The highest BCUT2D eigenvalue weighted by molar-refractivity contribution is 7.88. The number of benzene rings is 1. The summed E-state index contributed by atoms with van der Waals surface area (Å²) in [4.78, 5) is 25.8. The number of anilines is 1. The van der Waals surface area contributed by atoms with Crippen molar-refractivity contribution in [3.05, 3.63) is 42.1 Å². The van der Waals surface area contributed by atoms with E-state index in [4.69, 9.17) is 4.74 Å². The Kier molecular flexibility index (Phi) is 10.5. The summed E-state index contributed by atoms with van der Waals surface area (Å²) >= 11 is 0. The number of amides is 1. The highest BCUT2D eigenvalue weighted by atomic mass is 32.2. The van der Waals surface area contributed by atoms with Crippen LogP contribution in [0, 0.1) is 17.7 Å². The largest absolute Gasteiger partial charge is 0.451 e. The maximum atomic E-state index is 14.2. The summed E-state index contributed by atoms with van der Waals surface area (Å²) < 4.78 is 46.0. The maximum Gasteiger partial charge on any atom is 0.257 e. The van der Waals surface area contributed by atoms with Crippen LogP contribution in [-0.2, 0) is 10.0 Å². The molecule has 2 heterocycles. The molecule has 4 rings (SSSR count). The minimum absolute atomic E-state index is 0.0428. The molecule has 2 aliphatic rings. The Balaban J connectivity index is 1.32. The molecule has 1 aliphatic carbocycles. The third kappa shape index (κ3) is 8.83. The Morgan fingerprint density at radius 3 is 2.61 bits per heavy atom. The van der Waals surface area contributed by atoms with E-state index in [2.05, 4.69) is 24.9 Å². The molecule has 0 spiro atoms. The van der Waals surface area contributed by atoms with Crippen molar-refractivity contribution in [2.45, 2.75) is 65.0 Å². The van der Waals surface area contributed by atoms with Crippen molar-refractivity contribution >= 4 is 21.7 Å². The molecule has 1 atom stereocenters. The van der Waals surface area contributed by atoms with Gasteiger partial charge in [0.1, 0.15) is 17.9 Å². The molecule has 226 valence electrons. The molecule has 1 aromatic carbocycles.